The predicted octanol–water partition coefficient (Wildman–Crippen LogP) is 5.32. The molecule has 0 N–H and O–H groups in total. The second kappa shape index (κ2) is 8.35. The summed E-state index contributed by atoms with van der Waals surface area (Å²) in [6, 6.07) is 26.4. The van der Waals surface area contributed by atoms with Crippen LogP contribution in [0.4, 0.5) is 0 Å². The van der Waals surface area contributed by atoms with Crippen molar-refractivity contribution in [2.24, 2.45) is 5.92 Å². The van der Waals surface area contributed by atoms with Crippen LogP contribution in [0.1, 0.15) is 35.4 Å². The number of hydrogen-bond donors (Lipinski definition) is 0. The number of piperidine rings is 3. The van der Waals surface area contributed by atoms with Gasteiger partial charge >= 0.3 is 5.97 Å². The molecule has 3 aromatic rings. The molecule has 4 nitrogen and oxygen atoms in total. The van der Waals surface area contributed by atoms with Crippen LogP contribution >= 0.6 is 0 Å². The summed E-state index contributed by atoms with van der Waals surface area (Å²) in [5, 5.41) is 0. The maximum Gasteiger partial charge on any atom is 0.318 e. The summed E-state index contributed by atoms with van der Waals surface area (Å²) in [6.07, 6.45) is 3.37. The maximum absolute atomic E-state index is 13.7. The molecule has 7 rings (SSSR count). The topological polar surface area (TPSA) is 35.5 Å². The van der Waals surface area contributed by atoms with Crippen LogP contribution in [-0.2, 0) is 16.0 Å². The van der Waals surface area contributed by atoms with E-state index in [1.54, 1.807) is 0 Å². The Kier molecular flexibility index (Phi) is 5.18. The average molecular weight is 441 g/mol. The number of quaternary nitrogens is 1. The highest BCUT2D eigenvalue weighted by Crippen LogP contribution is 2.45. The van der Waals surface area contributed by atoms with Gasteiger partial charge in [0.2, 0.25) is 0 Å². The summed E-state index contributed by atoms with van der Waals surface area (Å²) in [5.41, 5.74) is 3.19. The van der Waals surface area contributed by atoms with Crippen LogP contribution in [0.15, 0.2) is 78.9 Å². The highest BCUT2D eigenvalue weighted by Gasteiger charge is 2.48. The quantitative estimate of drug-likeness (QED) is 0.398. The molecule has 4 aliphatic rings. The van der Waals surface area contributed by atoms with Crippen molar-refractivity contribution < 1.29 is 18.8 Å². The Labute approximate surface area is 195 Å². The van der Waals surface area contributed by atoms with Crippen LogP contribution in [0, 0.1) is 5.92 Å². The summed E-state index contributed by atoms with van der Waals surface area (Å²) >= 11 is 0. The summed E-state index contributed by atoms with van der Waals surface area (Å²) in [4.78, 5) is 13.7. The number of esters is 1. The van der Waals surface area contributed by atoms with Crippen LogP contribution in [0.3, 0.4) is 0 Å². The van der Waals surface area contributed by atoms with Crippen molar-refractivity contribution in [1.82, 2.24) is 0 Å². The average Bonchev–Trinajstić information content (AvgIpc) is 2.87. The van der Waals surface area contributed by atoms with Gasteiger partial charge < -0.3 is 14.0 Å². The van der Waals surface area contributed by atoms with E-state index in [0.29, 0.717) is 5.92 Å². The van der Waals surface area contributed by atoms with Gasteiger partial charge in [-0.1, -0.05) is 66.7 Å². The van der Waals surface area contributed by atoms with E-state index in [2.05, 4.69) is 30.3 Å². The third kappa shape index (κ3) is 3.83. The first-order valence-corrected chi connectivity index (χ1v) is 12.2. The molecule has 4 heteroatoms. The second-order valence-corrected chi connectivity index (χ2v) is 9.85. The molecule has 168 valence electrons. The van der Waals surface area contributed by atoms with Gasteiger partial charge in [-0.3, -0.25) is 4.79 Å². The molecule has 3 aromatic carbocycles. The third-order valence-electron chi connectivity index (χ3n) is 7.94. The van der Waals surface area contributed by atoms with Gasteiger partial charge in [0, 0.05) is 36.3 Å². The second-order valence-electron chi connectivity index (χ2n) is 9.85. The van der Waals surface area contributed by atoms with Crippen LogP contribution in [0.25, 0.3) is 0 Å². The van der Waals surface area contributed by atoms with Gasteiger partial charge in [0.1, 0.15) is 24.0 Å². The zero-order valence-electron chi connectivity index (χ0n) is 18.9. The van der Waals surface area contributed by atoms with Crippen molar-refractivity contribution in [2.45, 2.75) is 31.3 Å². The van der Waals surface area contributed by atoms with Gasteiger partial charge in [-0.15, -0.1) is 0 Å². The highest BCUT2D eigenvalue weighted by atomic mass is 16.5. The van der Waals surface area contributed by atoms with Crippen LogP contribution < -0.4 is 4.74 Å². The number of hydrogen-bond acceptors (Lipinski definition) is 3. The first-order valence-electron chi connectivity index (χ1n) is 12.2. The SMILES string of the molecule is O=C(O[C@H]1C[N+]2(CCc3ccccc3)CCC1CC2)C1c2ccccc2Oc2ccccc21. The molecule has 0 spiro atoms. The molecule has 0 aliphatic carbocycles. The third-order valence-corrected chi connectivity index (χ3v) is 7.94. The Bertz CT molecular complexity index is 1100. The van der Waals surface area contributed by atoms with Gasteiger partial charge in [0.05, 0.1) is 19.6 Å². The number of nitrogens with zero attached hydrogens (tertiary/aromatic N) is 1. The molecule has 1 atom stereocenters. The summed E-state index contributed by atoms with van der Waals surface area (Å²) in [6.45, 7) is 4.46. The standard InChI is InChI=1S/C29H30NO3/c31-29(28-23-10-4-6-12-25(23)32-26-13-7-5-11-24(26)28)33-27-20-30(18-15-22(27)16-19-30)17-14-21-8-2-1-3-9-21/h1-13,22,27-28H,14-20H2/q+1/t22?,27-,30?/m0/s1. The molecule has 0 saturated carbocycles. The first-order chi connectivity index (χ1) is 16.2. The maximum atomic E-state index is 13.7. The Morgan fingerprint density at radius 1 is 0.848 bits per heavy atom. The van der Waals surface area contributed by atoms with Crippen molar-refractivity contribution in [1.29, 1.82) is 0 Å². The number of ether oxygens (including phenoxy) is 2. The molecule has 0 aromatic heterocycles. The molecule has 2 bridgehead atoms. The van der Waals surface area contributed by atoms with Crippen molar-refractivity contribution in [3.05, 3.63) is 95.6 Å². The van der Waals surface area contributed by atoms with Gasteiger partial charge in [0.25, 0.3) is 0 Å². The Morgan fingerprint density at radius 3 is 2.12 bits per heavy atom. The van der Waals surface area contributed by atoms with Crippen LogP contribution in [-0.4, -0.2) is 42.7 Å². The molecule has 4 aliphatic heterocycles. The lowest BCUT2D eigenvalue weighted by molar-refractivity contribution is -0.946. The number of rotatable bonds is 5. The number of carbonyl (C=O) groups is 1. The van der Waals surface area contributed by atoms with E-state index in [-0.39, 0.29) is 12.1 Å². The molecule has 3 fully saturated rings. The van der Waals surface area contributed by atoms with E-state index in [9.17, 15) is 4.79 Å². The monoisotopic (exact) mass is 440 g/mol. The normalized spacial score (nSPS) is 25.6. The molecular formula is C29H30NO3+. The van der Waals surface area contributed by atoms with Gasteiger partial charge in [-0.25, -0.2) is 0 Å². The van der Waals surface area contributed by atoms with Crippen molar-refractivity contribution >= 4 is 5.97 Å². The zero-order valence-corrected chi connectivity index (χ0v) is 18.9. The minimum Gasteiger partial charge on any atom is -0.457 e. The predicted molar refractivity (Wildman–Crippen MR) is 127 cm³/mol. The van der Waals surface area contributed by atoms with E-state index in [1.807, 2.05) is 48.5 Å². The summed E-state index contributed by atoms with van der Waals surface area (Å²) in [5.74, 6) is 1.41. The Hall–Kier alpha value is -3.11. The van der Waals surface area contributed by atoms with Gasteiger partial charge in [-0.2, -0.15) is 0 Å². The highest BCUT2D eigenvalue weighted by molar-refractivity contribution is 5.85. The lowest BCUT2D eigenvalue weighted by Crippen LogP contribution is -2.65. The summed E-state index contributed by atoms with van der Waals surface area (Å²) in [7, 11) is 0. The molecule has 3 saturated heterocycles. The smallest absolute Gasteiger partial charge is 0.318 e. The number of fused-ring (bicyclic) bond motifs is 5. The molecule has 0 unspecified atom stereocenters. The fourth-order valence-corrected chi connectivity index (χ4v) is 6.06. The summed E-state index contributed by atoms with van der Waals surface area (Å²) < 4.78 is 13.5. The van der Waals surface area contributed by atoms with E-state index < -0.39 is 5.92 Å². The van der Waals surface area contributed by atoms with Crippen molar-refractivity contribution in [3.63, 3.8) is 0 Å². The van der Waals surface area contributed by atoms with Gasteiger partial charge in [0.15, 0.2) is 6.10 Å². The Morgan fingerprint density at radius 2 is 1.45 bits per heavy atom. The lowest BCUT2D eigenvalue weighted by atomic mass is 9.82. The molecule has 0 amide bonds. The fraction of sp³-hybridized carbons (Fsp3) is 0.345. The first kappa shape index (κ1) is 20.5. The zero-order chi connectivity index (χ0) is 22.3. The van der Waals surface area contributed by atoms with Crippen molar-refractivity contribution in [2.75, 3.05) is 26.2 Å². The van der Waals surface area contributed by atoms with Crippen molar-refractivity contribution in [3.8, 4) is 11.5 Å². The molecular weight excluding hydrogens is 410 g/mol. The molecule has 33 heavy (non-hydrogen) atoms. The van der Waals surface area contributed by atoms with Crippen LogP contribution in [0.2, 0.25) is 0 Å². The number of para-hydroxylation sites is 2. The van der Waals surface area contributed by atoms with E-state index in [4.69, 9.17) is 9.47 Å². The molecule has 0 radical (unpaired) electrons. The minimum atomic E-state index is -0.431. The van der Waals surface area contributed by atoms with E-state index in [1.165, 1.54) is 18.7 Å². The van der Waals surface area contributed by atoms with Crippen LogP contribution in [0.5, 0.6) is 11.5 Å². The largest absolute Gasteiger partial charge is 0.457 e. The Balaban J connectivity index is 1.22. The van der Waals surface area contributed by atoms with Gasteiger partial charge in [-0.05, 0) is 17.7 Å². The number of carbonyl (C=O) groups excluding carboxylic acids is 1. The van der Waals surface area contributed by atoms with E-state index in [0.717, 1.165) is 59.5 Å². The number of benzene rings is 3. The fourth-order valence-electron chi connectivity index (χ4n) is 6.06. The lowest BCUT2D eigenvalue weighted by Gasteiger charge is -2.52. The van der Waals surface area contributed by atoms with E-state index >= 15 is 0 Å². The molecule has 4 heterocycles. The minimum absolute atomic E-state index is 0.00190.